The lowest BCUT2D eigenvalue weighted by Gasteiger charge is -2.31. The van der Waals surface area contributed by atoms with Crippen LogP contribution in [-0.2, 0) is 17.0 Å². The molecule has 120 valence electrons. The van der Waals surface area contributed by atoms with E-state index in [1.807, 2.05) is 4.90 Å². The number of nitrogens with one attached hydrogen (secondary N) is 1. The van der Waals surface area contributed by atoms with E-state index in [4.69, 9.17) is 5.53 Å². The van der Waals surface area contributed by atoms with Gasteiger partial charge in [-0.1, -0.05) is 9.00 Å². The fraction of sp³-hybridized carbons (Fsp3) is 0.500. The molecule has 1 aromatic rings. The first kappa shape index (κ1) is 16.3. The zero-order valence-electron chi connectivity index (χ0n) is 12.0. The second-order valence-corrected chi connectivity index (χ2v) is 5.79. The molecule has 0 aromatic heterocycles. The van der Waals surface area contributed by atoms with Crippen molar-refractivity contribution in [3.8, 4) is 5.75 Å². The molecule has 8 nitrogen and oxygen atoms in total. The van der Waals surface area contributed by atoms with Crippen molar-refractivity contribution in [2.45, 2.75) is 13.5 Å². The van der Waals surface area contributed by atoms with E-state index in [1.165, 1.54) is 6.07 Å². The van der Waals surface area contributed by atoms with E-state index in [-0.39, 0.29) is 12.3 Å². The minimum atomic E-state index is -5.12. The number of nitrogens with zero attached hydrogens (tertiary/aromatic N) is 4. The van der Waals surface area contributed by atoms with Gasteiger partial charge in [0.05, 0.1) is 6.54 Å². The number of piperazine rings is 1. The number of hydrogen-bond donors (Lipinski definition) is 1. The van der Waals surface area contributed by atoms with Crippen LogP contribution in [0.1, 0.15) is 11.1 Å². The summed E-state index contributed by atoms with van der Waals surface area (Å²) in [6, 6.07) is 3.17. The van der Waals surface area contributed by atoms with Gasteiger partial charge in [0.15, 0.2) is 5.75 Å². The summed E-state index contributed by atoms with van der Waals surface area (Å²) in [5.74, 6) is -0.0957. The number of hydrogen-bond acceptors (Lipinski definition) is 6. The molecule has 1 N–H and O–H groups in total. The third-order valence-corrected chi connectivity index (χ3v) is 3.73. The molecular formula is C12H16FN5O3S. The lowest BCUT2D eigenvalue weighted by molar-refractivity contribution is 0.438. The molecule has 0 amide bonds. The average Bonchev–Trinajstić information content (AvgIpc) is 2.47. The molecule has 0 atom stereocenters. The Morgan fingerprint density at radius 3 is 2.73 bits per heavy atom. The number of anilines is 1. The smallest absolute Gasteiger partial charge is 0.369 e. The maximum Gasteiger partial charge on any atom is 0.488 e. The molecule has 0 bridgehead atoms. The summed E-state index contributed by atoms with van der Waals surface area (Å²) in [5, 5.41) is 6.66. The Morgan fingerprint density at radius 1 is 1.45 bits per heavy atom. The fourth-order valence-electron chi connectivity index (χ4n) is 2.36. The van der Waals surface area contributed by atoms with Crippen LogP contribution in [0.5, 0.6) is 5.75 Å². The highest BCUT2D eigenvalue weighted by Crippen LogP contribution is 2.32. The lowest BCUT2D eigenvalue weighted by atomic mass is 10.1. The lowest BCUT2D eigenvalue weighted by Crippen LogP contribution is -2.43. The summed E-state index contributed by atoms with van der Waals surface area (Å²) in [4.78, 5) is 4.71. The zero-order chi connectivity index (χ0) is 16.2. The van der Waals surface area contributed by atoms with Crippen LogP contribution in [0, 0.1) is 6.92 Å². The predicted molar refractivity (Wildman–Crippen MR) is 79.8 cm³/mol. The second-order valence-electron chi connectivity index (χ2n) is 4.84. The average molecular weight is 329 g/mol. The maximum atomic E-state index is 12.9. The highest BCUT2D eigenvalue weighted by atomic mass is 32.3. The number of azide groups is 1. The topological polar surface area (TPSA) is 107 Å². The minimum absolute atomic E-state index is 0.0264. The molecule has 1 fully saturated rings. The van der Waals surface area contributed by atoms with E-state index in [2.05, 4.69) is 19.5 Å². The third kappa shape index (κ3) is 4.23. The van der Waals surface area contributed by atoms with Gasteiger partial charge in [0.2, 0.25) is 0 Å². The molecule has 1 aliphatic heterocycles. The van der Waals surface area contributed by atoms with Crippen LogP contribution >= 0.6 is 0 Å². The van der Waals surface area contributed by atoms with Gasteiger partial charge < -0.3 is 14.4 Å². The quantitative estimate of drug-likeness (QED) is 0.383. The summed E-state index contributed by atoms with van der Waals surface area (Å²) < 4.78 is 38.8. The fourth-order valence-corrected chi connectivity index (χ4v) is 2.75. The summed E-state index contributed by atoms with van der Waals surface area (Å²) >= 11 is 0. The number of halogens is 1. The van der Waals surface area contributed by atoms with Crippen LogP contribution in [0.25, 0.3) is 10.4 Å². The molecule has 0 aliphatic carbocycles. The first-order chi connectivity index (χ1) is 10.4. The van der Waals surface area contributed by atoms with E-state index in [9.17, 15) is 12.3 Å². The van der Waals surface area contributed by atoms with Crippen molar-refractivity contribution < 1.29 is 16.5 Å². The van der Waals surface area contributed by atoms with Crippen molar-refractivity contribution in [2.24, 2.45) is 5.11 Å². The molecule has 2 rings (SSSR count). The van der Waals surface area contributed by atoms with Crippen LogP contribution in [-0.4, -0.2) is 34.6 Å². The van der Waals surface area contributed by atoms with Crippen molar-refractivity contribution in [1.29, 1.82) is 0 Å². The highest BCUT2D eigenvalue weighted by molar-refractivity contribution is 7.81. The van der Waals surface area contributed by atoms with Gasteiger partial charge in [-0.05, 0) is 30.2 Å². The molecule has 1 aromatic carbocycles. The van der Waals surface area contributed by atoms with E-state index < -0.39 is 10.5 Å². The van der Waals surface area contributed by atoms with Crippen LogP contribution in [0.2, 0.25) is 0 Å². The van der Waals surface area contributed by atoms with Gasteiger partial charge in [0.1, 0.15) is 0 Å². The molecule has 0 radical (unpaired) electrons. The second kappa shape index (κ2) is 6.82. The molecule has 0 unspecified atom stereocenters. The van der Waals surface area contributed by atoms with Crippen molar-refractivity contribution in [3.05, 3.63) is 33.7 Å². The Kier molecular flexibility index (Phi) is 5.07. The van der Waals surface area contributed by atoms with Crippen molar-refractivity contribution in [1.82, 2.24) is 5.32 Å². The standard InChI is InChI=1S/C12H16FN5O3S/c1-9-11(18-4-2-15-3-5-18)6-10(8-16-17-14)7-12(9)21-22(13,19)20/h6-7,15H,2-5,8H2,1H3. The van der Waals surface area contributed by atoms with Gasteiger partial charge in [0.25, 0.3) is 0 Å². The first-order valence-electron chi connectivity index (χ1n) is 6.65. The summed E-state index contributed by atoms with van der Waals surface area (Å²) in [7, 11) is -5.12. The molecule has 1 saturated heterocycles. The van der Waals surface area contributed by atoms with Crippen LogP contribution < -0.4 is 14.4 Å². The summed E-state index contributed by atoms with van der Waals surface area (Å²) in [6.07, 6.45) is 0. The first-order valence-corrected chi connectivity index (χ1v) is 7.95. The van der Waals surface area contributed by atoms with Crippen LogP contribution in [0.4, 0.5) is 9.57 Å². The Hall–Kier alpha value is -2.03. The maximum absolute atomic E-state index is 12.9. The monoisotopic (exact) mass is 329 g/mol. The molecule has 0 saturated carbocycles. The largest absolute Gasteiger partial charge is 0.488 e. The van der Waals surface area contributed by atoms with Crippen molar-refractivity contribution in [3.63, 3.8) is 0 Å². The highest BCUT2D eigenvalue weighted by Gasteiger charge is 2.19. The molecule has 1 heterocycles. The Morgan fingerprint density at radius 2 is 2.14 bits per heavy atom. The van der Waals surface area contributed by atoms with Crippen molar-refractivity contribution in [2.75, 3.05) is 31.1 Å². The van der Waals surface area contributed by atoms with Crippen LogP contribution in [0.15, 0.2) is 17.2 Å². The van der Waals surface area contributed by atoms with Gasteiger partial charge in [-0.25, -0.2) is 0 Å². The van der Waals surface area contributed by atoms with Gasteiger partial charge in [-0.3, -0.25) is 0 Å². The number of benzene rings is 1. The molecule has 0 spiro atoms. The van der Waals surface area contributed by atoms with E-state index >= 15 is 0 Å². The normalized spacial score (nSPS) is 15.3. The van der Waals surface area contributed by atoms with E-state index in [0.29, 0.717) is 11.1 Å². The number of rotatable bonds is 5. The van der Waals surface area contributed by atoms with E-state index in [0.717, 1.165) is 31.9 Å². The Bertz CT molecular complexity index is 697. The Labute approximate surface area is 127 Å². The zero-order valence-corrected chi connectivity index (χ0v) is 12.8. The molecule has 22 heavy (non-hydrogen) atoms. The van der Waals surface area contributed by atoms with Gasteiger partial charge in [-0.15, -0.1) is 0 Å². The van der Waals surface area contributed by atoms with E-state index in [1.54, 1.807) is 13.0 Å². The van der Waals surface area contributed by atoms with Gasteiger partial charge in [0, 0.05) is 42.3 Å². The SMILES string of the molecule is Cc1c(OS(=O)(=O)F)cc(CN=[N+]=[N-])cc1N1CCNCC1. The Balaban J connectivity index is 2.45. The van der Waals surface area contributed by atoms with Crippen LogP contribution in [0.3, 0.4) is 0 Å². The summed E-state index contributed by atoms with van der Waals surface area (Å²) in [5.41, 5.74) is 10.2. The molecule has 10 heteroatoms. The minimum Gasteiger partial charge on any atom is -0.369 e. The van der Waals surface area contributed by atoms with Gasteiger partial charge >= 0.3 is 10.5 Å². The predicted octanol–water partition coefficient (Wildman–Crippen LogP) is 1.81. The molecular weight excluding hydrogens is 313 g/mol. The van der Waals surface area contributed by atoms with Crippen molar-refractivity contribution >= 4 is 16.2 Å². The van der Waals surface area contributed by atoms with Gasteiger partial charge in [-0.2, -0.15) is 8.42 Å². The third-order valence-electron chi connectivity index (χ3n) is 3.36. The summed E-state index contributed by atoms with van der Waals surface area (Å²) in [6.45, 7) is 4.73. The molecule has 1 aliphatic rings.